The van der Waals surface area contributed by atoms with Gasteiger partial charge in [-0.15, -0.1) is 0 Å². The average molecular weight is 182 g/mol. The molecule has 0 aliphatic carbocycles. The average Bonchev–Trinajstić information content (AvgIpc) is 2.08. The first-order valence-electron chi connectivity index (χ1n) is 2.85. The van der Waals surface area contributed by atoms with Gasteiger partial charge in [0.2, 0.25) is 0 Å². The maximum atomic E-state index is 12.7. The SMILES string of the molecule is N#Cc1cc(F)c(C#N)nc1Cl. The lowest BCUT2D eigenvalue weighted by atomic mass is 10.2. The van der Waals surface area contributed by atoms with Gasteiger partial charge >= 0.3 is 0 Å². The lowest BCUT2D eigenvalue weighted by Crippen LogP contribution is -1.92. The van der Waals surface area contributed by atoms with Crippen LogP contribution >= 0.6 is 11.6 Å². The van der Waals surface area contributed by atoms with Crippen molar-refractivity contribution in [3.8, 4) is 12.1 Å². The van der Waals surface area contributed by atoms with Crippen LogP contribution in [0.1, 0.15) is 11.3 Å². The lowest BCUT2D eigenvalue weighted by Gasteiger charge is -1.94. The molecule has 0 saturated heterocycles. The van der Waals surface area contributed by atoms with Crippen LogP contribution < -0.4 is 0 Å². The Morgan fingerprint density at radius 2 is 2.08 bits per heavy atom. The summed E-state index contributed by atoms with van der Waals surface area (Å²) in [7, 11) is 0. The van der Waals surface area contributed by atoms with E-state index in [1.165, 1.54) is 6.07 Å². The predicted molar refractivity (Wildman–Crippen MR) is 38.6 cm³/mol. The van der Waals surface area contributed by atoms with Gasteiger partial charge in [-0.2, -0.15) is 10.5 Å². The van der Waals surface area contributed by atoms with E-state index in [-0.39, 0.29) is 10.7 Å². The largest absolute Gasteiger partial charge is 0.221 e. The molecule has 1 aromatic rings. The van der Waals surface area contributed by atoms with Crippen LogP contribution in [0.25, 0.3) is 0 Å². The Hall–Kier alpha value is -1.65. The van der Waals surface area contributed by atoms with Crippen LogP contribution in [0.15, 0.2) is 6.07 Å². The summed E-state index contributed by atoms with van der Waals surface area (Å²) in [6, 6.07) is 4.03. The fourth-order valence-electron chi connectivity index (χ4n) is 0.623. The first-order valence-corrected chi connectivity index (χ1v) is 3.23. The van der Waals surface area contributed by atoms with Gasteiger partial charge in [-0.3, -0.25) is 0 Å². The first-order chi connectivity index (χ1) is 5.69. The Balaban J connectivity index is 3.41. The number of nitrogens with zero attached hydrogens (tertiary/aromatic N) is 3. The highest BCUT2D eigenvalue weighted by Crippen LogP contribution is 2.15. The highest BCUT2D eigenvalue weighted by atomic mass is 35.5. The molecule has 1 heterocycles. The van der Waals surface area contributed by atoms with E-state index >= 15 is 0 Å². The van der Waals surface area contributed by atoms with Crippen molar-refractivity contribution in [1.82, 2.24) is 4.98 Å². The fraction of sp³-hybridized carbons (Fsp3) is 0. The fourth-order valence-corrected chi connectivity index (χ4v) is 0.805. The minimum absolute atomic E-state index is 0.0758. The molecule has 0 spiro atoms. The van der Waals surface area contributed by atoms with E-state index in [0.717, 1.165) is 6.07 Å². The van der Waals surface area contributed by atoms with E-state index in [9.17, 15) is 4.39 Å². The Labute approximate surface area is 72.6 Å². The van der Waals surface area contributed by atoms with Crippen molar-refractivity contribution in [1.29, 1.82) is 10.5 Å². The normalized spacial score (nSPS) is 8.67. The summed E-state index contributed by atoms with van der Waals surface area (Å²) in [5.41, 5.74) is -0.479. The molecule has 58 valence electrons. The van der Waals surface area contributed by atoms with Crippen LogP contribution in [-0.4, -0.2) is 4.98 Å². The summed E-state index contributed by atoms with van der Waals surface area (Å²) in [5.74, 6) is -0.835. The zero-order valence-electron chi connectivity index (χ0n) is 5.67. The summed E-state index contributed by atoms with van der Waals surface area (Å²) >= 11 is 5.43. The molecule has 0 atom stereocenters. The summed E-state index contributed by atoms with van der Waals surface area (Å²) in [4.78, 5) is 3.37. The van der Waals surface area contributed by atoms with Crippen molar-refractivity contribution in [2.24, 2.45) is 0 Å². The van der Waals surface area contributed by atoms with Gasteiger partial charge < -0.3 is 0 Å². The molecular weight excluding hydrogens is 181 g/mol. The molecule has 3 nitrogen and oxygen atoms in total. The van der Waals surface area contributed by atoms with Gasteiger partial charge in [-0.25, -0.2) is 9.37 Å². The molecular formula is C7HClFN3. The Morgan fingerprint density at radius 3 is 2.58 bits per heavy atom. The molecule has 0 saturated carbocycles. The Kier molecular flexibility index (Phi) is 2.23. The predicted octanol–water partition coefficient (Wildman–Crippen LogP) is 1.62. The minimum Gasteiger partial charge on any atom is -0.221 e. The smallest absolute Gasteiger partial charge is 0.177 e. The lowest BCUT2D eigenvalue weighted by molar-refractivity contribution is 0.616. The summed E-state index contributed by atoms with van der Waals surface area (Å²) in [5, 5.41) is 16.5. The minimum atomic E-state index is -0.835. The number of hydrogen-bond acceptors (Lipinski definition) is 3. The molecule has 1 aromatic heterocycles. The molecule has 0 fully saturated rings. The Morgan fingerprint density at radius 1 is 1.42 bits per heavy atom. The third-order valence-electron chi connectivity index (χ3n) is 1.16. The third kappa shape index (κ3) is 1.34. The molecule has 12 heavy (non-hydrogen) atoms. The Bertz CT molecular complexity index is 363. The highest BCUT2D eigenvalue weighted by molar-refractivity contribution is 6.30. The standard InChI is InChI=1S/C7HClFN3/c8-7-4(2-10)1-5(9)6(3-11)12-7/h1H. The van der Waals surface area contributed by atoms with Gasteiger partial charge in [-0.05, 0) is 6.07 Å². The van der Waals surface area contributed by atoms with Crippen molar-refractivity contribution in [2.75, 3.05) is 0 Å². The van der Waals surface area contributed by atoms with Gasteiger partial charge in [0.15, 0.2) is 11.5 Å². The second-order valence-corrected chi connectivity index (χ2v) is 2.24. The van der Waals surface area contributed by atoms with Crippen molar-refractivity contribution in [2.45, 2.75) is 0 Å². The van der Waals surface area contributed by atoms with E-state index in [1.54, 1.807) is 6.07 Å². The topological polar surface area (TPSA) is 60.5 Å². The van der Waals surface area contributed by atoms with Crippen molar-refractivity contribution in [3.05, 3.63) is 28.3 Å². The molecule has 1 rings (SSSR count). The quantitative estimate of drug-likeness (QED) is 0.572. The number of aromatic nitrogens is 1. The molecule has 0 aromatic carbocycles. The molecule has 0 aliphatic heterocycles. The number of rotatable bonds is 0. The number of halogens is 2. The van der Waals surface area contributed by atoms with E-state index in [1.807, 2.05) is 0 Å². The van der Waals surface area contributed by atoms with Crippen LogP contribution in [0.2, 0.25) is 5.15 Å². The van der Waals surface area contributed by atoms with Crippen LogP contribution in [-0.2, 0) is 0 Å². The maximum Gasteiger partial charge on any atom is 0.177 e. The van der Waals surface area contributed by atoms with E-state index < -0.39 is 11.5 Å². The van der Waals surface area contributed by atoms with Crippen LogP contribution in [0, 0.1) is 28.5 Å². The second kappa shape index (κ2) is 3.17. The van der Waals surface area contributed by atoms with E-state index in [4.69, 9.17) is 22.1 Å². The van der Waals surface area contributed by atoms with Gasteiger partial charge in [0, 0.05) is 0 Å². The van der Waals surface area contributed by atoms with E-state index in [0.29, 0.717) is 0 Å². The maximum absolute atomic E-state index is 12.7. The van der Waals surface area contributed by atoms with Crippen LogP contribution in [0.3, 0.4) is 0 Å². The van der Waals surface area contributed by atoms with Crippen molar-refractivity contribution < 1.29 is 4.39 Å². The highest BCUT2D eigenvalue weighted by Gasteiger charge is 2.08. The van der Waals surface area contributed by atoms with Gasteiger partial charge in [0.05, 0.1) is 5.56 Å². The summed E-state index contributed by atoms with van der Waals surface area (Å²) in [6.45, 7) is 0. The number of nitriles is 2. The molecule has 0 amide bonds. The molecule has 5 heteroatoms. The van der Waals surface area contributed by atoms with Crippen LogP contribution in [0.4, 0.5) is 4.39 Å². The van der Waals surface area contributed by atoms with Gasteiger partial charge in [-0.1, -0.05) is 11.6 Å². The van der Waals surface area contributed by atoms with Crippen LogP contribution in [0.5, 0.6) is 0 Å². The molecule has 0 bridgehead atoms. The van der Waals surface area contributed by atoms with Crippen molar-refractivity contribution >= 4 is 11.6 Å². The summed E-state index contributed by atoms with van der Waals surface area (Å²) in [6.07, 6.45) is 0. The summed E-state index contributed by atoms with van der Waals surface area (Å²) < 4.78 is 12.7. The van der Waals surface area contributed by atoms with Crippen molar-refractivity contribution in [3.63, 3.8) is 0 Å². The monoisotopic (exact) mass is 181 g/mol. The molecule has 0 radical (unpaired) electrons. The van der Waals surface area contributed by atoms with E-state index in [2.05, 4.69) is 4.98 Å². The third-order valence-corrected chi connectivity index (χ3v) is 1.44. The number of hydrogen-bond donors (Lipinski definition) is 0. The zero-order chi connectivity index (χ0) is 9.14. The first kappa shape index (κ1) is 8.45. The number of pyridine rings is 1. The van der Waals surface area contributed by atoms with Gasteiger partial charge in [0.1, 0.15) is 17.3 Å². The second-order valence-electron chi connectivity index (χ2n) is 1.88. The molecule has 0 aliphatic rings. The van der Waals surface area contributed by atoms with Gasteiger partial charge in [0.25, 0.3) is 0 Å². The molecule has 0 unspecified atom stereocenters. The molecule has 0 N–H and O–H groups in total. The zero-order valence-corrected chi connectivity index (χ0v) is 6.43.